The summed E-state index contributed by atoms with van der Waals surface area (Å²) in [5.41, 5.74) is 0.627. The van der Waals surface area contributed by atoms with Crippen molar-refractivity contribution in [1.29, 1.82) is 0 Å². The molecule has 0 heterocycles. The zero-order valence-electron chi connectivity index (χ0n) is 12.5. The molecular weight excluding hydrogens is 284 g/mol. The van der Waals surface area contributed by atoms with Crippen molar-refractivity contribution < 1.29 is 24.1 Å². The van der Waals surface area contributed by atoms with Crippen molar-refractivity contribution in [2.45, 2.75) is 5.92 Å². The second-order valence-corrected chi connectivity index (χ2v) is 4.63. The van der Waals surface area contributed by atoms with Crippen molar-refractivity contribution in [1.82, 2.24) is 0 Å². The summed E-state index contributed by atoms with van der Waals surface area (Å²) in [6.07, 6.45) is 0. The molecule has 2 aromatic rings. The molecule has 0 aliphatic carbocycles. The van der Waals surface area contributed by atoms with Gasteiger partial charge in [0, 0.05) is 0 Å². The minimum atomic E-state index is -0.955. The Kier molecular flexibility index (Phi) is 5.25. The predicted octanol–water partition coefficient (Wildman–Crippen LogP) is 2.95. The summed E-state index contributed by atoms with van der Waals surface area (Å²) >= 11 is 0. The number of ether oxygens (including phenoxy) is 3. The lowest BCUT2D eigenvalue weighted by molar-refractivity contribution is -0.139. The topological polar surface area (TPSA) is 65.0 Å². The van der Waals surface area contributed by atoms with Gasteiger partial charge in [-0.25, -0.2) is 0 Å². The maximum atomic E-state index is 11.5. The van der Waals surface area contributed by atoms with Gasteiger partial charge < -0.3 is 19.3 Å². The molecule has 2 aromatic carbocycles. The van der Waals surface area contributed by atoms with E-state index in [0.29, 0.717) is 22.8 Å². The molecule has 2 rings (SSSR count). The number of methoxy groups -OCH3 is 2. The van der Waals surface area contributed by atoms with Crippen molar-refractivity contribution >= 4 is 5.97 Å². The molecule has 5 heteroatoms. The maximum Gasteiger partial charge on any atom is 0.314 e. The van der Waals surface area contributed by atoms with Crippen LogP contribution in [0.1, 0.15) is 11.5 Å². The smallest absolute Gasteiger partial charge is 0.314 e. The van der Waals surface area contributed by atoms with E-state index in [1.165, 1.54) is 0 Å². The lowest BCUT2D eigenvalue weighted by atomic mass is 10.00. The molecule has 0 spiro atoms. The fourth-order valence-corrected chi connectivity index (χ4v) is 2.08. The Morgan fingerprint density at radius 3 is 2.41 bits per heavy atom. The lowest BCUT2D eigenvalue weighted by Gasteiger charge is -2.16. The number of carboxylic acids is 1. The molecule has 0 bridgehead atoms. The fourth-order valence-electron chi connectivity index (χ4n) is 2.08. The molecule has 22 heavy (non-hydrogen) atoms. The summed E-state index contributed by atoms with van der Waals surface area (Å²) in [7, 11) is 3.08. The van der Waals surface area contributed by atoms with Gasteiger partial charge in [-0.15, -0.1) is 0 Å². The van der Waals surface area contributed by atoms with E-state index in [4.69, 9.17) is 14.2 Å². The van der Waals surface area contributed by atoms with Gasteiger partial charge in [-0.1, -0.05) is 24.3 Å². The van der Waals surface area contributed by atoms with Crippen LogP contribution in [-0.2, 0) is 4.79 Å². The zero-order valence-corrected chi connectivity index (χ0v) is 12.5. The number of aliphatic carboxylic acids is 1. The molecule has 5 nitrogen and oxygen atoms in total. The largest absolute Gasteiger partial charge is 0.497 e. The molecule has 0 aliphatic heterocycles. The van der Waals surface area contributed by atoms with Crippen LogP contribution in [-0.4, -0.2) is 31.9 Å². The second-order valence-electron chi connectivity index (χ2n) is 4.63. The van der Waals surface area contributed by atoms with E-state index in [0.717, 1.165) is 0 Å². The number of benzene rings is 2. The van der Waals surface area contributed by atoms with Gasteiger partial charge in [-0.3, -0.25) is 4.79 Å². The maximum absolute atomic E-state index is 11.5. The third kappa shape index (κ3) is 3.69. The first kappa shape index (κ1) is 15.7. The van der Waals surface area contributed by atoms with Crippen molar-refractivity contribution in [3.05, 3.63) is 54.1 Å². The number of hydrogen-bond donors (Lipinski definition) is 1. The molecule has 1 atom stereocenters. The number of hydrogen-bond acceptors (Lipinski definition) is 4. The minimum absolute atomic E-state index is 0.00285. The van der Waals surface area contributed by atoms with Gasteiger partial charge in [0.2, 0.25) is 0 Å². The van der Waals surface area contributed by atoms with E-state index in [1.807, 2.05) is 6.07 Å². The average molecular weight is 302 g/mol. The lowest BCUT2D eigenvalue weighted by Crippen LogP contribution is -2.19. The van der Waals surface area contributed by atoms with E-state index in [1.54, 1.807) is 56.7 Å². The molecule has 0 radical (unpaired) electrons. The Morgan fingerprint density at radius 1 is 1.05 bits per heavy atom. The van der Waals surface area contributed by atoms with Crippen LogP contribution < -0.4 is 14.2 Å². The molecule has 1 N–H and O–H groups in total. The number of carbonyl (C=O) groups is 1. The monoisotopic (exact) mass is 302 g/mol. The Hall–Kier alpha value is -2.69. The Bertz CT molecular complexity index is 638. The zero-order chi connectivity index (χ0) is 15.9. The molecular formula is C17H18O5. The highest BCUT2D eigenvalue weighted by Crippen LogP contribution is 2.28. The first-order valence-corrected chi connectivity index (χ1v) is 6.78. The van der Waals surface area contributed by atoms with Crippen molar-refractivity contribution in [3.8, 4) is 17.2 Å². The average Bonchev–Trinajstić information content (AvgIpc) is 2.55. The van der Waals surface area contributed by atoms with Crippen LogP contribution in [0.4, 0.5) is 0 Å². The van der Waals surface area contributed by atoms with Crippen LogP contribution in [0.25, 0.3) is 0 Å². The van der Waals surface area contributed by atoms with Gasteiger partial charge in [-0.2, -0.15) is 0 Å². The SMILES string of the molecule is COc1cccc(C(COc2ccccc2OC)C(=O)O)c1. The van der Waals surface area contributed by atoms with Gasteiger partial charge in [-0.05, 0) is 29.8 Å². The summed E-state index contributed by atoms with van der Waals surface area (Å²) < 4.78 is 16.0. The standard InChI is InChI=1S/C17H18O5/c1-20-13-7-5-6-12(10-13)14(17(18)19)11-22-16-9-4-3-8-15(16)21-2/h3-10,14H,11H2,1-2H3,(H,18,19). The van der Waals surface area contributed by atoms with E-state index in [9.17, 15) is 9.90 Å². The van der Waals surface area contributed by atoms with Crippen LogP contribution in [0.3, 0.4) is 0 Å². The molecule has 0 amide bonds. The van der Waals surface area contributed by atoms with E-state index >= 15 is 0 Å². The van der Waals surface area contributed by atoms with Gasteiger partial charge in [0.05, 0.1) is 14.2 Å². The highest BCUT2D eigenvalue weighted by molar-refractivity contribution is 5.76. The van der Waals surface area contributed by atoms with Crippen LogP contribution in [0.5, 0.6) is 17.2 Å². The fraction of sp³-hybridized carbons (Fsp3) is 0.235. The van der Waals surface area contributed by atoms with Crippen molar-refractivity contribution in [2.24, 2.45) is 0 Å². The third-order valence-corrected chi connectivity index (χ3v) is 3.27. The summed E-state index contributed by atoms with van der Waals surface area (Å²) in [5, 5.41) is 9.44. The Labute approximate surface area is 129 Å². The molecule has 1 unspecified atom stereocenters. The first-order valence-electron chi connectivity index (χ1n) is 6.78. The molecule has 0 saturated carbocycles. The Morgan fingerprint density at radius 2 is 1.77 bits per heavy atom. The van der Waals surface area contributed by atoms with Gasteiger partial charge in [0.1, 0.15) is 18.3 Å². The summed E-state index contributed by atoms with van der Waals surface area (Å²) in [6.45, 7) is 0.00285. The minimum Gasteiger partial charge on any atom is -0.497 e. The summed E-state index contributed by atoms with van der Waals surface area (Å²) in [5.74, 6) is -0.0550. The molecule has 0 aromatic heterocycles. The van der Waals surface area contributed by atoms with Crippen LogP contribution >= 0.6 is 0 Å². The third-order valence-electron chi connectivity index (χ3n) is 3.27. The van der Waals surface area contributed by atoms with E-state index in [-0.39, 0.29) is 6.61 Å². The van der Waals surface area contributed by atoms with Crippen LogP contribution in [0.2, 0.25) is 0 Å². The van der Waals surface area contributed by atoms with E-state index < -0.39 is 11.9 Å². The van der Waals surface area contributed by atoms with Gasteiger partial charge in [0.25, 0.3) is 0 Å². The number of carboxylic acid groups (broad SMARTS) is 1. The molecule has 0 saturated heterocycles. The van der Waals surface area contributed by atoms with Crippen molar-refractivity contribution in [2.75, 3.05) is 20.8 Å². The predicted molar refractivity (Wildman–Crippen MR) is 81.9 cm³/mol. The van der Waals surface area contributed by atoms with Crippen LogP contribution in [0.15, 0.2) is 48.5 Å². The molecule has 0 aliphatic rings. The molecule has 0 fully saturated rings. The highest BCUT2D eigenvalue weighted by Gasteiger charge is 2.22. The van der Waals surface area contributed by atoms with E-state index in [2.05, 4.69) is 0 Å². The number of rotatable bonds is 7. The highest BCUT2D eigenvalue weighted by atomic mass is 16.5. The normalized spacial score (nSPS) is 11.5. The Balaban J connectivity index is 2.17. The van der Waals surface area contributed by atoms with Gasteiger partial charge >= 0.3 is 5.97 Å². The second kappa shape index (κ2) is 7.36. The number of para-hydroxylation sites is 2. The first-order chi connectivity index (χ1) is 10.7. The quantitative estimate of drug-likeness (QED) is 0.852. The summed E-state index contributed by atoms with van der Waals surface area (Å²) in [6, 6.07) is 14.1. The van der Waals surface area contributed by atoms with Crippen LogP contribution in [0, 0.1) is 0 Å². The molecule has 116 valence electrons. The van der Waals surface area contributed by atoms with Gasteiger partial charge in [0.15, 0.2) is 11.5 Å². The van der Waals surface area contributed by atoms with Crippen molar-refractivity contribution in [3.63, 3.8) is 0 Å². The summed E-state index contributed by atoms with van der Waals surface area (Å²) in [4.78, 5) is 11.5.